The summed E-state index contributed by atoms with van der Waals surface area (Å²) in [5.74, 6) is 0.394. The van der Waals surface area contributed by atoms with Crippen molar-refractivity contribution in [3.63, 3.8) is 0 Å². The lowest BCUT2D eigenvalue weighted by Gasteiger charge is -2.39. The highest BCUT2D eigenvalue weighted by Crippen LogP contribution is 2.25. The summed E-state index contributed by atoms with van der Waals surface area (Å²) in [5.41, 5.74) is 0. The summed E-state index contributed by atoms with van der Waals surface area (Å²) in [4.78, 5) is 19.1. The number of carbonyl (C=O) groups is 1. The van der Waals surface area contributed by atoms with E-state index in [-0.39, 0.29) is 36.4 Å². The van der Waals surface area contributed by atoms with E-state index in [1.54, 1.807) is 0 Å². The van der Waals surface area contributed by atoms with Gasteiger partial charge in [0.15, 0.2) is 5.96 Å². The molecule has 1 unspecified atom stereocenters. The Kier molecular flexibility index (Phi) is 10.6. The third-order valence-electron chi connectivity index (χ3n) is 3.72. The second-order valence-electron chi connectivity index (χ2n) is 5.36. The van der Waals surface area contributed by atoms with Crippen LogP contribution in [0, 0.1) is 0 Å². The minimum absolute atomic E-state index is 0. The van der Waals surface area contributed by atoms with Crippen LogP contribution in [0.25, 0.3) is 0 Å². The maximum atomic E-state index is 12.8. The van der Waals surface area contributed by atoms with Gasteiger partial charge < -0.3 is 15.5 Å². The van der Waals surface area contributed by atoms with Gasteiger partial charge in [-0.2, -0.15) is 13.2 Å². The van der Waals surface area contributed by atoms with Gasteiger partial charge in [0, 0.05) is 39.3 Å². The molecule has 1 aliphatic heterocycles. The van der Waals surface area contributed by atoms with Crippen molar-refractivity contribution in [1.29, 1.82) is 0 Å². The normalized spacial score (nSPS) is 17.9. The summed E-state index contributed by atoms with van der Waals surface area (Å²) in [6, 6.07) is -1.44. The van der Waals surface area contributed by atoms with Gasteiger partial charge in [0.2, 0.25) is 5.91 Å². The number of nitrogens with zero attached hydrogens (tertiary/aromatic N) is 3. The van der Waals surface area contributed by atoms with Gasteiger partial charge in [0.25, 0.3) is 0 Å². The van der Waals surface area contributed by atoms with E-state index >= 15 is 0 Å². The molecule has 0 bridgehead atoms. The van der Waals surface area contributed by atoms with Crippen LogP contribution >= 0.6 is 24.0 Å². The fourth-order valence-electron chi connectivity index (χ4n) is 2.35. The molecule has 0 aromatic heterocycles. The summed E-state index contributed by atoms with van der Waals surface area (Å²) >= 11 is 0. The summed E-state index contributed by atoms with van der Waals surface area (Å²) in [5, 5.41) is 5.74. The van der Waals surface area contributed by atoms with Crippen molar-refractivity contribution in [2.75, 3.05) is 45.8 Å². The number of aliphatic imine (C=N–C) groups is 1. The molecule has 0 spiro atoms. The fourth-order valence-corrected chi connectivity index (χ4v) is 2.35. The number of guanidine groups is 1. The Labute approximate surface area is 158 Å². The third-order valence-corrected chi connectivity index (χ3v) is 3.72. The summed E-state index contributed by atoms with van der Waals surface area (Å²) in [6.07, 6.45) is -4.21. The first-order chi connectivity index (χ1) is 10.8. The van der Waals surface area contributed by atoms with E-state index in [1.807, 2.05) is 18.7 Å². The second-order valence-corrected chi connectivity index (χ2v) is 5.36. The molecule has 6 nitrogen and oxygen atoms in total. The average molecular weight is 465 g/mol. The standard InChI is InChI=1S/C14H26F3N5O.HI/c1-4-18-12(23)10-20-13(19-5-2)22-8-6-21(7-9-22)11(3)14(15,16)17;/h11H,4-10H2,1-3H3,(H,18,23)(H,19,20);1H. The van der Waals surface area contributed by atoms with Crippen LogP contribution in [0.2, 0.25) is 0 Å². The molecule has 1 saturated heterocycles. The number of hydrogen-bond acceptors (Lipinski definition) is 3. The molecule has 1 atom stereocenters. The largest absolute Gasteiger partial charge is 0.403 e. The van der Waals surface area contributed by atoms with Crippen molar-refractivity contribution in [3.8, 4) is 0 Å². The Morgan fingerprint density at radius 1 is 1.12 bits per heavy atom. The molecule has 1 fully saturated rings. The lowest BCUT2D eigenvalue weighted by Crippen LogP contribution is -2.56. The van der Waals surface area contributed by atoms with Crippen LogP contribution in [0.1, 0.15) is 20.8 Å². The molecule has 1 rings (SSSR count). The molecule has 1 amide bonds. The highest BCUT2D eigenvalue weighted by atomic mass is 127. The smallest absolute Gasteiger partial charge is 0.357 e. The Hall–Kier alpha value is -0.780. The van der Waals surface area contributed by atoms with Gasteiger partial charge in [-0.25, -0.2) is 4.99 Å². The summed E-state index contributed by atoms with van der Waals surface area (Å²) < 4.78 is 38.3. The molecule has 0 aliphatic carbocycles. The molecule has 10 heteroatoms. The third kappa shape index (κ3) is 7.41. The van der Waals surface area contributed by atoms with Gasteiger partial charge in [-0.05, 0) is 20.8 Å². The van der Waals surface area contributed by atoms with Crippen LogP contribution in [0.4, 0.5) is 13.2 Å². The predicted molar refractivity (Wildman–Crippen MR) is 98.7 cm³/mol. The van der Waals surface area contributed by atoms with Gasteiger partial charge >= 0.3 is 6.18 Å². The number of amides is 1. The number of hydrogen-bond donors (Lipinski definition) is 2. The van der Waals surface area contributed by atoms with Crippen LogP contribution in [-0.2, 0) is 4.79 Å². The predicted octanol–water partition coefficient (Wildman–Crippen LogP) is 1.27. The highest BCUT2D eigenvalue weighted by Gasteiger charge is 2.41. The zero-order valence-corrected chi connectivity index (χ0v) is 16.6. The summed E-state index contributed by atoms with van der Waals surface area (Å²) in [6.45, 7) is 7.62. The van der Waals surface area contributed by atoms with E-state index in [4.69, 9.17) is 0 Å². The number of carbonyl (C=O) groups excluding carboxylic acids is 1. The monoisotopic (exact) mass is 465 g/mol. The lowest BCUT2D eigenvalue weighted by molar-refractivity contribution is -0.181. The Bertz CT molecular complexity index is 412. The molecule has 0 aromatic carbocycles. The maximum Gasteiger partial charge on any atom is 0.403 e. The molecule has 0 aromatic rings. The van der Waals surface area contributed by atoms with E-state index in [0.29, 0.717) is 45.2 Å². The first-order valence-electron chi connectivity index (χ1n) is 7.90. The zero-order valence-electron chi connectivity index (χ0n) is 14.3. The minimum Gasteiger partial charge on any atom is -0.357 e. The van der Waals surface area contributed by atoms with Crippen molar-refractivity contribution in [2.45, 2.75) is 33.0 Å². The van der Waals surface area contributed by atoms with Crippen molar-refractivity contribution in [1.82, 2.24) is 20.4 Å². The van der Waals surface area contributed by atoms with E-state index < -0.39 is 12.2 Å². The molecule has 0 saturated carbocycles. The van der Waals surface area contributed by atoms with E-state index in [1.165, 1.54) is 11.8 Å². The van der Waals surface area contributed by atoms with Gasteiger partial charge in [-0.3, -0.25) is 9.69 Å². The number of piperazine rings is 1. The number of nitrogens with one attached hydrogen (secondary N) is 2. The van der Waals surface area contributed by atoms with Crippen molar-refractivity contribution >= 4 is 35.8 Å². The number of likely N-dealkylation sites (N-methyl/N-ethyl adjacent to an activating group) is 1. The Morgan fingerprint density at radius 3 is 2.12 bits per heavy atom. The molecule has 1 aliphatic rings. The van der Waals surface area contributed by atoms with Crippen LogP contribution < -0.4 is 10.6 Å². The Balaban J connectivity index is 0.00000529. The van der Waals surface area contributed by atoms with Crippen LogP contribution in [0.15, 0.2) is 4.99 Å². The highest BCUT2D eigenvalue weighted by molar-refractivity contribution is 14.0. The minimum atomic E-state index is -4.21. The van der Waals surface area contributed by atoms with Crippen LogP contribution in [0.5, 0.6) is 0 Å². The maximum absolute atomic E-state index is 12.8. The van der Waals surface area contributed by atoms with Crippen molar-refractivity contribution in [2.24, 2.45) is 4.99 Å². The molecule has 0 radical (unpaired) electrons. The molecule has 2 N–H and O–H groups in total. The second kappa shape index (κ2) is 11.0. The molecule has 24 heavy (non-hydrogen) atoms. The molecule has 142 valence electrons. The molecular weight excluding hydrogens is 438 g/mol. The fraction of sp³-hybridized carbons (Fsp3) is 0.857. The van der Waals surface area contributed by atoms with Gasteiger partial charge in [0.05, 0.1) is 0 Å². The Morgan fingerprint density at radius 2 is 1.67 bits per heavy atom. The van der Waals surface area contributed by atoms with Crippen molar-refractivity contribution in [3.05, 3.63) is 0 Å². The van der Waals surface area contributed by atoms with E-state index in [9.17, 15) is 18.0 Å². The quantitative estimate of drug-likeness (QED) is 0.365. The van der Waals surface area contributed by atoms with Crippen molar-refractivity contribution < 1.29 is 18.0 Å². The first-order valence-corrected chi connectivity index (χ1v) is 7.90. The number of halogens is 4. The van der Waals surface area contributed by atoms with Crippen LogP contribution in [0.3, 0.4) is 0 Å². The topological polar surface area (TPSA) is 60.0 Å². The van der Waals surface area contributed by atoms with Gasteiger partial charge in [-0.15, -0.1) is 24.0 Å². The molecule has 1 heterocycles. The first kappa shape index (κ1) is 23.2. The SMILES string of the molecule is CCNC(=O)CN=C(NCC)N1CCN(C(C)C(F)(F)F)CC1.I. The van der Waals surface area contributed by atoms with E-state index in [0.717, 1.165) is 0 Å². The van der Waals surface area contributed by atoms with Gasteiger partial charge in [-0.1, -0.05) is 0 Å². The van der Waals surface area contributed by atoms with Crippen LogP contribution in [-0.4, -0.2) is 79.7 Å². The average Bonchev–Trinajstić information content (AvgIpc) is 2.50. The zero-order chi connectivity index (χ0) is 17.5. The molecular formula is C14H27F3IN5O. The lowest BCUT2D eigenvalue weighted by atomic mass is 10.2. The van der Waals surface area contributed by atoms with Gasteiger partial charge in [0.1, 0.15) is 12.6 Å². The summed E-state index contributed by atoms with van der Waals surface area (Å²) in [7, 11) is 0. The van der Waals surface area contributed by atoms with E-state index in [2.05, 4.69) is 15.6 Å². The number of alkyl halides is 3. The number of rotatable bonds is 5.